The quantitative estimate of drug-likeness (QED) is 0.522. The van der Waals surface area contributed by atoms with E-state index in [0.717, 1.165) is 10.5 Å². The van der Waals surface area contributed by atoms with Crippen molar-refractivity contribution in [2.75, 3.05) is 0 Å². The van der Waals surface area contributed by atoms with Crippen LogP contribution in [-0.4, -0.2) is 0 Å². The van der Waals surface area contributed by atoms with Crippen LogP contribution in [0.25, 0.3) is 0 Å². The highest BCUT2D eigenvalue weighted by atomic mass is 32.1. The van der Waals surface area contributed by atoms with E-state index in [9.17, 15) is 0 Å². The minimum atomic E-state index is 1.02. The molecule has 0 aliphatic heterocycles. The summed E-state index contributed by atoms with van der Waals surface area (Å²) in [6.45, 7) is 5.85. The standard InChI is InChI=1S/C8H9S/c1-6-4-3-5-8(9)7(6)2/h3-5,9H,1H2,2H3. The molecule has 0 spiro atoms. The average Bonchev–Trinajstić information content (AvgIpc) is 1.83. The fourth-order valence-electron chi connectivity index (χ4n) is 0.670. The van der Waals surface area contributed by atoms with Crippen molar-refractivity contribution in [3.8, 4) is 0 Å². The lowest BCUT2D eigenvalue weighted by molar-refractivity contribution is 1.28. The molecule has 0 aliphatic carbocycles. The van der Waals surface area contributed by atoms with Gasteiger partial charge in [-0.3, -0.25) is 0 Å². The molecule has 0 amide bonds. The van der Waals surface area contributed by atoms with Gasteiger partial charge >= 0.3 is 0 Å². The van der Waals surface area contributed by atoms with E-state index >= 15 is 0 Å². The van der Waals surface area contributed by atoms with Gasteiger partial charge in [0.1, 0.15) is 0 Å². The highest BCUT2D eigenvalue weighted by Gasteiger charge is 1.92. The van der Waals surface area contributed by atoms with Crippen molar-refractivity contribution >= 4 is 12.6 Å². The van der Waals surface area contributed by atoms with Crippen LogP contribution in [0.1, 0.15) is 11.1 Å². The number of thiol groups is 1. The van der Waals surface area contributed by atoms with E-state index in [2.05, 4.69) is 19.6 Å². The molecule has 0 nitrogen and oxygen atoms in total. The van der Waals surface area contributed by atoms with Crippen LogP contribution in [0.4, 0.5) is 0 Å². The van der Waals surface area contributed by atoms with Gasteiger partial charge in [0, 0.05) is 4.90 Å². The highest BCUT2D eigenvalue weighted by Crippen LogP contribution is 2.15. The summed E-state index contributed by atoms with van der Waals surface area (Å²) < 4.78 is 0. The molecule has 0 bridgehead atoms. The minimum Gasteiger partial charge on any atom is -0.143 e. The maximum atomic E-state index is 4.23. The van der Waals surface area contributed by atoms with Crippen molar-refractivity contribution in [2.45, 2.75) is 11.8 Å². The minimum absolute atomic E-state index is 1.02. The van der Waals surface area contributed by atoms with Gasteiger partial charge in [0.2, 0.25) is 0 Å². The van der Waals surface area contributed by atoms with E-state index in [1.165, 1.54) is 5.56 Å². The highest BCUT2D eigenvalue weighted by molar-refractivity contribution is 7.80. The maximum absolute atomic E-state index is 4.23. The summed E-state index contributed by atoms with van der Waals surface area (Å²) in [4.78, 5) is 1.02. The van der Waals surface area contributed by atoms with Crippen LogP contribution < -0.4 is 0 Å². The molecule has 47 valence electrons. The lowest BCUT2D eigenvalue weighted by atomic mass is 10.1. The third kappa shape index (κ3) is 1.28. The topological polar surface area (TPSA) is 0 Å². The van der Waals surface area contributed by atoms with E-state index < -0.39 is 0 Å². The molecule has 0 unspecified atom stereocenters. The Bertz CT molecular complexity index is 196. The molecule has 1 rings (SSSR count). The second-order valence-electron chi connectivity index (χ2n) is 2.06. The predicted octanol–water partition coefficient (Wildman–Crippen LogP) is 2.47. The molecule has 1 aromatic rings. The summed E-state index contributed by atoms with van der Waals surface area (Å²) in [6.07, 6.45) is 0. The largest absolute Gasteiger partial charge is 0.143 e. The second-order valence-corrected chi connectivity index (χ2v) is 2.54. The molecule has 0 N–H and O–H groups in total. The van der Waals surface area contributed by atoms with E-state index in [-0.39, 0.29) is 0 Å². The van der Waals surface area contributed by atoms with Crippen molar-refractivity contribution in [1.29, 1.82) is 0 Å². The van der Waals surface area contributed by atoms with Crippen LogP contribution in [0.15, 0.2) is 23.1 Å². The van der Waals surface area contributed by atoms with Crippen LogP contribution in [-0.2, 0) is 0 Å². The first kappa shape index (κ1) is 6.69. The molecule has 0 fully saturated rings. The van der Waals surface area contributed by atoms with Gasteiger partial charge in [-0.15, -0.1) is 12.6 Å². The van der Waals surface area contributed by atoms with Gasteiger partial charge in [-0.2, -0.15) is 0 Å². The number of rotatable bonds is 0. The smallest absolute Gasteiger partial charge is 0.00719 e. The molecule has 0 aromatic heterocycles. The van der Waals surface area contributed by atoms with E-state index in [1.807, 2.05) is 25.1 Å². The Hall–Kier alpha value is -0.430. The molecule has 9 heavy (non-hydrogen) atoms. The lowest BCUT2D eigenvalue weighted by Crippen LogP contribution is -1.79. The third-order valence-electron chi connectivity index (χ3n) is 1.42. The predicted molar refractivity (Wildman–Crippen MR) is 42.9 cm³/mol. The first-order chi connectivity index (χ1) is 4.22. The van der Waals surface area contributed by atoms with Crippen molar-refractivity contribution < 1.29 is 0 Å². The maximum Gasteiger partial charge on any atom is 0.00719 e. The number of hydrogen-bond donors (Lipinski definition) is 1. The lowest BCUT2D eigenvalue weighted by Gasteiger charge is -1.99. The molecular formula is C8H9S. The fraction of sp³-hybridized carbons (Fsp3) is 0.125. The van der Waals surface area contributed by atoms with E-state index in [1.54, 1.807) is 0 Å². The molecule has 1 aromatic carbocycles. The zero-order valence-electron chi connectivity index (χ0n) is 5.39. The zero-order chi connectivity index (χ0) is 6.85. The SMILES string of the molecule is [CH2]c1cccc(S)c1C. The van der Waals surface area contributed by atoms with Gasteiger partial charge in [-0.05, 0) is 31.0 Å². The summed E-state index contributed by atoms with van der Waals surface area (Å²) in [5.74, 6) is 0. The first-order valence-corrected chi connectivity index (χ1v) is 3.27. The van der Waals surface area contributed by atoms with Gasteiger partial charge in [-0.1, -0.05) is 12.1 Å². The van der Waals surface area contributed by atoms with Gasteiger partial charge in [0.25, 0.3) is 0 Å². The Kier molecular flexibility index (Phi) is 1.81. The Morgan fingerprint density at radius 1 is 1.44 bits per heavy atom. The summed E-state index contributed by atoms with van der Waals surface area (Å²) in [6, 6.07) is 5.90. The van der Waals surface area contributed by atoms with Crippen LogP contribution in [0.3, 0.4) is 0 Å². The van der Waals surface area contributed by atoms with Crippen molar-refractivity contribution in [3.63, 3.8) is 0 Å². The molecule has 1 heteroatoms. The molecular weight excluding hydrogens is 128 g/mol. The Morgan fingerprint density at radius 3 is 2.56 bits per heavy atom. The van der Waals surface area contributed by atoms with Gasteiger partial charge in [0.05, 0.1) is 0 Å². The van der Waals surface area contributed by atoms with Crippen molar-refractivity contribution in [1.82, 2.24) is 0 Å². The average molecular weight is 137 g/mol. The van der Waals surface area contributed by atoms with Crippen LogP contribution in [0, 0.1) is 13.8 Å². The van der Waals surface area contributed by atoms with Crippen LogP contribution in [0.2, 0.25) is 0 Å². The van der Waals surface area contributed by atoms with Gasteiger partial charge in [0.15, 0.2) is 0 Å². The van der Waals surface area contributed by atoms with Crippen molar-refractivity contribution in [3.05, 3.63) is 36.2 Å². The molecule has 0 atom stereocenters. The Morgan fingerprint density at radius 2 is 2.11 bits per heavy atom. The molecule has 1 radical (unpaired) electrons. The molecule has 0 aliphatic rings. The van der Waals surface area contributed by atoms with Gasteiger partial charge < -0.3 is 0 Å². The summed E-state index contributed by atoms with van der Waals surface area (Å²) >= 11 is 4.23. The van der Waals surface area contributed by atoms with Crippen LogP contribution in [0.5, 0.6) is 0 Å². The van der Waals surface area contributed by atoms with E-state index in [0.29, 0.717) is 0 Å². The second kappa shape index (κ2) is 2.44. The molecule has 0 saturated heterocycles. The summed E-state index contributed by atoms with van der Waals surface area (Å²) in [5.41, 5.74) is 2.23. The monoisotopic (exact) mass is 137 g/mol. The fourth-order valence-corrected chi connectivity index (χ4v) is 0.900. The van der Waals surface area contributed by atoms with Crippen molar-refractivity contribution in [2.24, 2.45) is 0 Å². The Balaban J connectivity index is 3.25. The summed E-state index contributed by atoms with van der Waals surface area (Å²) in [7, 11) is 0. The first-order valence-electron chi connectivity index (χ1n) is 2.82. The number of hydrogen-bond acceptors (Lipinski definition) is 1. The normalized spacial score (nSPS) is 9.67. The summed E-state index contributed by atoms with van der Waals surface area (Å²) in [5, 5.41) is 0. The van der Waals surface area contributed by atoms with Crippen LogP contribution >= 0.6 is 12.6 Å². The Labute approximate surface area is 61.3 Å². The number of benzene rings is 1. The van der Waals surface area contributed by atoms with Gasteiger partial charge in [-0.25, -0.2) is 0 Å². The zero-order valence-corrected chi connectivity index (χ0v) is 6.28. The molecule has 0 saturated carbocycles. The third-order valence-corrected chi connectivity index (χ3v) is 1.90. The molecule has 0 heterocycles. The van der Waals surface area contributed by atoms with E-state index in [4.69, 9.17) is 0 Å².